The summed E-state index contributed by atoms with van der Waals surface area (Å²) in [7, 11) is 1.73. The van der Waals surface area contributed by atoms with E-state index in [-0.39, 0.29) is 5.56 Å². The Balaban J connectivity index is 1.52. The molecular weight excluding hydrogens is 376 g/mol. The minimum Gasteiger partial charge on any atom is -0.490 e. The van der Waals surface area contributed by atoms with Crippen LogP contribution in [-0.4, -0.2) is 17.8 Å². The van der Waals surface area contributed by atoms with Crippen molar-refractivity contribution < 1.29 is 9.47 Å². The SMILES string of the molecule is Cn1c(=O)cc(-c2ccc(OCCOc3ccccc3)cc2)c2cc(C#N)ccc21. The van der Waals surface area contributed by atoms with Crippen molar-refractivity contribution in [2.45, 2.75) is 0 Å². The molecule has 0 spiro atoms. The molecule has 0 aliphatic rings. The fourth-order valence-corrected chi connectivity index (χ4v) is 3.34. The van der Waals surface area contributed by atoms with Crippen LogP contribution in [0.3, 0.4) is 0 Å². The average molecular weight is 396 g/mol. The zero-order chi connectivity index (χ0) is 20.9. The van der Waals surface area contributed by atoms with Crippen molar-refractivity contribution in [3.8, 4) is 28.7 Å². The third-order valence-electron chi connectivity index (χ3n) is 4.90. The smallest absolute Gasteiger partial charge is 0.251 e. The van der Waals surface area contributed by atoms with Gasteiger partial charge in [0.05, 0.1) is 17.1 Å². The largest absolute Gasteiger partial charge is 0.490 e. The van der Waals surface area contributed by atoms with Gasteiger partial charge >= 0.3 is 0 Å². The van der Waals surface area contributed by atoms with Crippen LogP contribution in [0.4, 0.5) is 0 Å². The molecule has 0 radical (unpaired) electrons. The third-order valence-corrected chi connectivity index (χ3v) is 4.90. The second kappa shape index (κ2) is 8.54. The van der Waals surface area contributed by atoms with Crippen LogP contribution in [0.5, 0.6) is 11.5 Å². The molecule has 0 saturated heterocycles. The highest BCUT2D eigenvalue weighted by Crippen LogP contribution is 2.29. The summed E-state index contributed by atoms with van der Waals surface area (Å²) >= 11 is 0. The van der Waals surface area contributed by atoms with Gasteiger partial charge in [-0.15, -0.1) is 0 Å². The number of nitriles is 1. The summed E-state index contributed by atoms with van der Waals surface area (Å²) in [5.74, 6) is 1.53. The van der Waals surface area contributed by atoms with Crippen LogP contribution in [0.15, 0.2) is 83.7 Å². The van der Waals surface area contributed by atoms with E-state index in [1.54, 1.807) is 23.7 Å². The first-order valence-corrected chi connectivity index (χ1v) is 9.61. The van der Waals surface area contributed by atoms with Crippen LogP contribution in [0.1, 0.15) is 5.56 Å². The summed E-state index contributed by atoms with van der Waals surface area (Å²) in [6, 6.07) is 26.3. The standard InChI is InChI=1S/C25H20N2O3/c1-27-24-12-7-18(17-26)15-23(24)22(16-25(27)28)19-8-10-21(11-9-19)30-14-13-29-20-5-3-2-4-6-20/h2-12,15-16H,13-14H2,1H3. The van der Waals surface area contributed by atoms with E-state index in [1.807, 2.05) is 66.7 Å². The lowest BCUT2D eigenvalue weighted by Crippen LogP contribution is -2.16. The van der Waals surface area contributed by atoms with E-state index in [0.717, 1.165) is 33.5 Å². The Morgan fingerprint density at radius 2 is 1.53 bits per heavy atom. The summed E-state index contributed by atoms with van der Waals surface area (Å²) in [6.07, 6.45) is 0. The first-order chi connectivity index (χ1) is 14.7. The average Bonchev–Trinajstić information content (AvgIpc) is 2.80. The van der Waals surface area contributed by atoms with E-state index in [9.17, 15) is 10.1 Å². The Morgan fingerprint density at radius 3 is 2.20 bits per heavy atom. The molecule has 0 unspecified atom stereocenters. The molecule has 30 heavy (non-hydrogen) atoms. The van der Waals surface area contributed by atoms with Crippen molar-refractivity contribution in [1.82, 2.24) is 4.57 Å². The summed E-state index contributed by atoms with van der Waals surface area (Å²) in [4.78, 5) is 12.4. The highest BCUT2D eigenvalue weighted by atomic mass is 16.5. The Kier molecular flexibility index (Phi) is 5.49. The van der Waals surface area contributed by atoms with Gasteiger partial charge in [-0.05, 0) is 53.6 Å². The molecule has 5 heteroatoms. The molecule has 0 aliphatic heterocycles. The number of benzene rings is 3. The van der Waals surface area contributed by atoms with Gasteiger partial charge in [0.1, 0.15) is 24.7 Å². The van der Waals surface area contributed by atoms with Gasteiger partial charge in [0.25, 0.3) is 5.56 Å². The van der Waals surface area contributed by atoms with E-state index in [0.29, 0.717) is 18.8 Å². The number of pyridine rings is 1. The molecule has 1 heterocycles. The van der Waals surface area contributed by atoms with Crippen molar-refractivity contribution in [1.29, 1.82) is 5.26 Å². The van der Waals surface area contributed by atoms with Crippen molar-refractivity contribution in [3.63, 3.8) is 0 Å². The highest BCUT2D eigenvalue weighted by molar-refractivity contribution is 5.95. The Morgan fingerprint density at radius 1 is 0.867 bits per heavy atom. The second-order valence-corrected chi connectivity index (χ2v) is 6.83. The molecule has 3 aromatic carbocycles. The topological polar surface area (TPSA) is 64.2 Å². The molecular formula is C25H20N2O3. The number of fused-ring (bicyclic) bond motifs is 1. The Bertz CT molecular complexity index is 1270. The van der Waals surface area contributed by atoms with Crippen LogP contribution in [0.2, 0.25) is 0 Å². The maximum absolute atomic E-state index is 12.4. The van der Waals surface area contributed by atoms with Crippen LogP contribution in [0.25, 0.3) is 22.0 Å². The molecule has 4 aromatic rings. The quantitative estimate of drug-likeness (QED) is 0.449. The number of para-hydroxylation sites is 1. The first-order valence-electron chi connectivity index (χ1n) is 9.61. The molecule has 0 aliphatic carbocycles. The molecule has 0 bridgehead atoms. The van der Waals surface area contributed by atoms with Crippen molar-refractivity contribution in [2.24, 2.45) is 7.05 Å². The first kappa shape index (κ1) is 19.3. The molecule has 5 nitrogen and oxygen atoms in total. The van der Waals surface area contributed by atoms with Gasteiger partial charge in [-0.1, -0.05) is 30.3 Å². The zero-order valence-electron chi connectivity index (χ0n) is 16.5. The normalized spacial score (nSPS) is 10.5. The van der Waals surface area contributed by atoms with Crippen LogP contribution in [0, 0.1) is 11.3 Å². The third kappa shape index (κ3) is 4.03. The fraction of sp³-hybridized carbons (Fsp3) is 0.120. The highest BCUT2D eigenvalue weighted by Gasteiger charge is 2.10. The molecule has 4 rings (SSSR count). The number of hydrogen-bond donors (Lipinski definition) is 0. The summed E-state index contributed by atoms with van der Waals surface area (Å²) in [5.41, 5.74) is 2.93. The second-order valence-electron chi connectivity index (χ2n) is 6.83. The molecule has 0 saturated carbocycles. The lowest BCUT2D eigenvalue weighted by atomic mass is 9.99. The fourth-order valence-electron chi connectivity index (χ4n) is 3.34. The van der Waals surface area contributed by atoms with E-state index in [4.69, 9.17) is 9.47 Å². The van der Waals surface area contributed by atoms with Gasteiger partial charge in [-0.3, -0.25) is 4.79 Å². The van der Waals surface area contributed by atoms with Gasteiger partial charge in [0.2, 0.25) is 0 Å². The molecule has 0 amide bonds. The van der Waals surface area contributed by atoms with Crippen molar-refractivity contribution in [3.05, 3.63) is 94.8 Å². The summed E-state index contributed by atoms with van der Waals surface area (Å²) < 4.78 is 13.0. The van der Waals surface area contributed by atoms with Gasteiger partial charge < -0.3 is 14.0 Å². The predicted octanol–water partition coefficient (Wildman–Crippen LogP) is 4.53. The summed E-state index contributed by atoms with van der Waals surface area (Å²) in [5, 5.41) is 10.1. The van der Waals surface area contributed by atoms with E-state index in [2.05, 4.69) is 6.07 Å². The number of hydrogen-bond acceptors (Lipinski definition) is 4. The molecule has 0 fully saturated rings. The lowest BCUT2D eigenvalue weighted by Gasteiger charge is -2.12. The van der Waals surface area contributed by atoms with Gasteiger partial charge in [0.15, 0.2) is 0 Å². The van der Waals surface area contributed by atoms with Crippen LogP contribution in [-0.2, 0) is 7.05 Å². The number of ether oxygens (including phenoxy) is 2. The Hall–Kier alpha value is -4.04. The molecule has 148 valence electrons. The summed E-state index contributed by atoms with van der Waals surface area (Å²) in [6.45, 7) is 0.872. The van der Waals surface area contributed by atoms with Gasteiger partial charge in [-0.2, -0.15) is 5.26 Å². The number of aromatic nitrogens is 1. The van der Waals surface area contributed by atoms with Crippen LogP contribution >= 0.6 is 0 Å². The van der Waals surface area contributed by atoms with Gasteiger partial charge in [0, 0.05) is 18.5 Å². The number of aryl methyl sites for hydroxylation is 1. The minimum atomic E-state index is -0.0967. The maximum atomic E-state index is 12.4. The maximum Gasteiger partial charge on any atom is 0.251 e. The number of nitrogens with zero attached hydrogens (tertiary/aromatic N) is 2. The zero-order valence-corrected chi connectivity index (χ0v) is 16.5. The monoisotopic (exact) mass is 396 g/mol. The van der Waals surface area contributed by atoms with E-state index in [1.165, 1.54) is 0 Å². The predicted molar refractivity (Wildman–Crippen MR) is 117 cm³/mol. The molecule has 0 atom stereocenters. The number of rotatable bonds is 6. The van der Waals surface area contributed by atoms with Crippen molar-refractivity contribution >= 4 is 10.9 Å². The van der Waals surface area contributed by atoms with Crippen LogP contribution < -0.4 is 15.0 Å². The van der Waals surface area contributed by atoms with E-state index >= 15 is 0 Å². The Labute approximate surface area is 174 Å². The van der Waals surface area contributed by atoms with Crippen molar-refractivity contribution in [2.75, 3.05) is 13.2 Å². The van der Waals surface area contributed by atoms with E-state index < -0.39 is 0 Å². The molecule has 0 N–H and O–H groups in total. The molecule has 1 aromatic heterocycles. The van der Waals surface area contributed by atoms with Gasteiger partial charge in [-0.25, -0.2) is 0 Å². The minimum absolute atomic E-state index is 0.0967. The lowest BCUT2D eigenvalue weighted by molar-refractivity contribution is 0.217.